The van der Waals surface area contributed by atoms with Crippen molar-refractivity contribution < 1.29 is 9.18 Å². The van der Waals surface area contributed by atoms with Crippen LogP contribution >= 0.6 is 0 Å². The molecule has 0 bridgehead atoms. The fourth-order valence-electron chi connectivity index (χ4n) is 2.68. The van der Waals surface area contributed by atoms with Gasteiger partial charge in [0.1, 0.15) is 11.6 Å². The van der Waals surface area contributed by atoms with E-state index in [-0.39, 0.29) is 11.7 Å². The standard InChI is InChI=1S/C21H15FN4O/c22-16-7-9-17(10-8-16)25-21(27)15-6-11-19(24-13-15)26-18-5-1-3-14-4-2-12-23-20(14)18/h1-13H,(H,24,26)(H,25,27). The van der Waals surface area contributed by atoms with Crippen molar-refractivity contribution in [3.63, 3.8) is 0 Å². The minimum atomic E-state index is -0.354. The molecule has 0 saturated carbocycles. The number of hydrogen-bond acceptors (Lipinski definition) is 4. The van der Waals surface area contributed by atoms with Gasteiger partial charge in [-0.2, -0.15) is 0 Å². The molecule has 5 nitrogen and oxygen atoms in total. The maximum atomic E-state index is 12.9. The molecule has 4 aromatic rings. The lowest BCUT2D eigenvalue weighted by atomic mass is 10.2. The summed E-state index contributed by atoms with van der Waals surface area (Å²) >= 11 is 0. The first-order chi connectivity index (χ1) is 13.2. The number of nitrogens with one attached hydrogen (secondary N) is 2. The van der Waals surface area contributed by atoms with Crippen LogP contribution in [0.4, 0.5) is 21.6 Å². The summed E-state index contributed by atoms with van der Waals surface area (Å²) in [4.78, 5) is 21.0. The molecular weight excluding hydrogens is 343 g/mol. The third-order valence-electron chi connectivity index (χ3n) is 4.02. The molecule has 0 aliphatic rings. The molecule has 27 heavy (non-hydrogen) atoms. The second kappa shape index (κ2) is 7.21. The second-order valence-electron chi connectivity index (χ2n) is 5.90. The van der Waals surface area contributed by atoms with Crippen LogP contribution in [0.5, 0.6) is 0 Å². The number of halogens is 1. The number of pyridine rings is 2. The number of aromatic nitrogens is 2. The largest absolute Gasteiger partial charge is 0.338 e. The van der Waals surface area contributed by atoms with Crippen LogP contribution in [0.15, 0.2) is 79.1 Å². The monoisotopic (exact) mass is 358 g/mol. The Balaban J connectivity index is 1.50. The fraction of sp³-hybridized carbons (Fsp3) is 0. The summed E-state index contributed by atoms with van der Waals surface area (Å²) in [6.45, 7) is 0. The van der Waals surface area contributed by atoms with E-state index in [1.165, 1.54) is 30.5 Å². The van der Waals surface area contributed by atoms with Gasteiger partial charge in [-0.1, -0.05) is 18.2 Å². The molecule has 0 aliphatic carbocycles. The summed E-state index contributed by atoms with van der Waals surface area (Å²) in [7, 11) is 0. The SMILES string of the molecule is O=C(Nc1ccc(F)cc1)c1ccc(Nc2cccc3cccnc23)nc1. The number of rotatable bonds is 4. The average molecular weight is 358 g/mol. The molecule has 0 fully saturated rings. The number of carbonyl (C=O) groups excluding carboxylic acids is 1. The third kappa shape index (κ3) is 3.74. The maximum absolute atomic E-state index is 12.9. The normalized spacial score (nSPS) is 10.6. The fourth-order valence-corrected chi connectivity index (χ4v) is 2.68. The topological polar surface area (TPSA) is 66.9 Å². The maximum Gasteiger partial charge on any atom is 0.257 e. The van der Waals surface area contributed by atoms with E-state index in [0.717, 1.165) is 16.6 Å². The Morgan fingerprint density at radius 2 is 1.70 bits per heavy atom. The van der Waals surface area contributed by atoms with Gasteiger partial charge in [-0.3, -0.25) is 9.78 Å². The van der Waals surface area contributed by atoms with E-state index in [9.17, 15) is 9.18 Å². The number of hydrogen-bond donors (Lipinski definition) is 2. The van der Waals surface area contributed by atoms with E-state index in [1.807, 2.05) is 30.3 Å². The predicted molar refractivity (Wildman–Crippen MR) is 104 cm³/mol. The number of amides is 1. The van der Waals surface area contributed by atoms with Crippen molar-refractivity contribution in [1.29, 1.82) is 0 Å². The van der Waals surface area contributed by atoms with Gasteiger partial charge in [-0.05, 0) is 48.5 Å². The highest BCUT2D eigenvalue weighted by Gasteiger charge is 2.08. The van der Waals surface area contributed by atoms with Crippen LogP contribution in [-0.2, 0) is 0 Å². The molecule has 0 spiro atoms. The van der Waals surface area contributed by atoms with Gasteiger partial charge < -0.3 is 10.6 Å². The summed E-state index contributed by atoms with van der Waals surface area (Å²) < 4.78 is 12.9. The van der Waals surface area contributed by atoms with E-state index in [2.05, 4.69) is 20.6 Å². The molecule has 0 saturated heterocycles. The van der Waals surface area contributed by atoms with E-state index in [1.54, 1.807) is 18.3 Å². The third-order valence-corrected chi connectivity index (χ3v) is 4.02. The predicted octanol–water partition coefficient (Wildman–Crippen LogP) is 4.76. The summed E-state index contributed by atoms with van der Waals surface area (Å²) in [6.07, 6.45) is 3.23. The molecule has 2 N–H and O–H groups in total. The number of benzene rings is 2. The Bertz CT molecular complexity index is 1090. The summed E-state index contributed by atoms with van der Waals surface area (Å²) in [6, 6.07) is 18.7. The minimum Gasteiger partial charge on any atom is -0.338 e. The van der Waals surface area contributed by atoms with Gasteiger partial charge in [0.05, 0.1) is 16.8 Å². The van der Waals surface area contributed by atoms with E-state index in [0.29, 0.717) is 17.1 Å². The Labute approximate surface area is 154 Å². The Morgan fingerprint density at radius 3 is 2.48 bits per heavy atom. The number of fused-ring (bicyclic) bond motifs is 1. The average Bonchev–Trinajstić information content (AvgIpc) is 2.70. The van der Waals surface area contributed by atoms with Crippen LogP contribution in [0.2, 0.25) is 0 Å². The van der Waals surface area contributed by atoms with E-state index < -0.39 is 0 Å². The Kier molecular flexibility index (Phi) is 4.45. The van der Waals surface area contributed by atoms with Gasteiger partial charge in [0.25, 0.3) is 5.91 Å². The van der Waals surface area contributed by atoms with E-state index in [4.69, 9.17) is 0 Å². The zero-order valence-corrected chi connectivity index (χ0v) is 14.2. The van der Waals surface area contributed by atoms with Crippen LogP contribution in [0.3, 0.4) is 0 Å². The van der Waals surface area contributed by atoms with Crippen LogP contribution in [0.25, 0.3) is 10.9 Å². The lowest BCUT2D eigenvalue weighted by molar-refractivity contribution is 0.102. The van der Waals surface area contributed by atoms with Crippen LogP contribution < -0.4 is 10.6 Å². The zero-order valence-electron chi connectivity index (χ0n) is 14.2. The minimum absolute atomic E-state index is 0.313. The number of nitrogens with zero attached hydrogens (tertiary/aromatic N) is 2. The highest BCUT2D eigenvalue weighted by atomic mass is 19.1. The molecule has 2 aromatic carbocycles. The smallest absolute Gasteiger partial charge is 0.257 e. The highest BCUT2D eigenvalue weighted by Crippen LogP contribution is 2.23. The van der Waals surface area contributed by atoms with Crippen molar-refractivity contribution in [3.05, 3.63) is 90.5 Å². The number of anilines is 3. The molecule has 0 aliphatic heterocycles. The van der Waals surface area contributed by atoms with Gasteiger partial charge in [-0.25, -0.2) is 9.37 Å². The Hall–Kier alpha value is -3.80. The lowest BCUT2D eigenvalue weighted by Gasteiger charge is -2.09. The van der Waals surface area contributed by atoms with Crippen LogP contribution in [0.1, 0.15) is 10.4 Å². The van der Waals surface area contributed by atoms with Gasteiger partial charge in [0.15, 0.2) is 0 Å². The molecule has 6 heteroatoms. The van der Waals surface area contributed by atoms with Gasteiger partial charge >= 0.3 is 0 Å². The molecule has 0 unspecified atom stereocenters. The van der Waals surface area contributed by atoms with Crippen molar-refractivity contribution in [2.45, 2.75) is 0 Å². The lowest BCUT2D eigenvalue weighted by Crippen LogP contribution is -2.12. The molecule has 4 rings (SSSR count). The first-order valence-electron chi connectivity index (χ1n) is 8.33. The number of carbonyl (C=O) groups is 1. The van der Waals surface area contributed by atoms with Crippen molar-refractivity contribution in [3.8, 4) is 0 Å². The van der Waals surface area contributed by atoms with Gasteiger partial charge in [0.2, 0.25) is 0 Å². The Morgan fingerprint density at radius 1 is 0.889 bits per heavy atom. The molecule has 0 radical (unpaired) electrons. The molecule has 132 valence electrons. The first kappa shape index (κ1) is 16.7. The summed E-state index contributed by atoms with van der Waals surface area (Å²) in [5.41, 5.74) is 2.61. The van der Waals surface area contributed by atoms with Crippen molar-refractivity contribution in [1.82, 2.24) is 9.97 Å². The van der Waals surface area contributed by atoms with Crippen LogP contribution in [-0.4, -0.2) is 15.9 Å². The molecule has 2 aromatic heterocycles. The van der Waals surface area contributed by atoms with Gasteiger partial charge in [-0.15, -0.1) is 0 Å². The van der Waals surface area contributed by atoms with Crippen molar-refractivity contribution in [2.75, 3.05) is 10.6 Å². The quantitative estimate of drug-likeness (QED) is 0.552. The highest BCUT2D eigenvalue weighted by molar-refractivity contribution is 6.04. The molecule has 2 heterocycles. The first-order valence-corrected chi connectivity index (χ1v) is 8.33. The summed E-state index contributed by atoms with van der Waals surface area (Å²) in [5, 5.41) is 6.95. The van der Waals surface area contributed by atoms with Crippen molar-refractivity contribution >= 4 is 34.0 Å². The van der Waals surface area contributed by atoms with Gasteiger partial charge in [0, 0.05) is 23.5 Å². The summed E-state index contributed by atoms with van der Waals surface area (Å²) in [5.74, 6) is -0.0630. The second-order valence-corrected chi connectivity index (χ2v) is 5.90. The molecule has 0 atom stereocenters. The van der Waals surface area contributed by atoms with Crippen molar-refractivity contribution in [2.24, 2.45) is 0 Å². The van der Waals surface area contributed by atoms with E-state index >= 15 is 0 Å². The number of para-hydroxylation sites is 1. The van der Waals surface area contributed by atoms with Crippen LogP contribution in [0, 0.1) is 5.82 Å². The molecular formula is C21H15FN4O. The molecule has 1 amide bonds. The zero-order chi connectivity index (χ0) is 18.6.